The van der Waals surface area contributed by atoms with Gasteiger partial charge in [-0.25, -0.2) is 0 Å². The summed E-state index contributed by atoms with van der Waals surface area (Å²) in [4.78, 5) is 4.05. The zero-order chi connectivity index (χ0) is 12.9. The highest BCUT2D eigenvalue weighted by Gasteiger charge is 2.18. The van der Waals surface area contributed by atoms with Crippen LogP contribution in [0.2, 0.25) is 0 Å². The summed E-state index contributed by atoms with van der Waals surface area (Å²) in [6.07, 6.45) is 5.55. The maximum atomic E-state index is 5.63. The average molecular weight is 237 g/mol. The number of aromatic nitrogens is 1. The minimum Gasteiger partial charge on any atom is -0.495 e. The fraction of sp³-hybridized carbons (Fsp3) is 0.615. The Kier molecular flexibility index (Phi) is 4.90. The second kappa shape index (κ2) is 5.98. The summed E-state index contributed by atoms with van der Waals surface area (Å²) in [5.41, 5.74) is 4.22. The molecule has 1 aromatic rings. The molecule has 0 bridgehead atoms. The second-order valence-electron chi connectivity index (χ2n) is 5.44. The molecule has 1 rings (SSSR count). The van der Waals surface area contributed by atoms with Gasteiger partial charge in [0.2, 0.25) is 0 Å². The Hall–Kier alpha value is -1.13. The van der Waals surface area contributed by atoms with E-state index in [4.69, 9.17) is 10.6 Å². The number of rotatable bonds is 5. The summed E-state index contributed by atoms with van der Waals surface area (Å²) < 4.78 is 5.30. The van der Waals surface area contributed by atoms with Crippen molar-refractivity contribution in [1.82, 2.24) is 10.4 Å². The molecular weight excluding hydrogens is 214 g/mol. The Balaban J connectivity index is 2.79. The number of methoxy groups -OCH3 is 1. The molecule has 17 heavy (non-hydrogen) atoms. The van der Waals surface area contributed by atoms with Crippen molar-refractivity contribution < 1.29 is 4.74 Å². The van der Waals surface area contributed by atoms with Crippen LogP contribution in [0.3, 0.4) is 0 Å². The third-order valence-electron chi connectivity index (χ3n) is 2.80. The van der Waals surface area contributed by atoms with E-state index in [2.05, 4.69) is 31.2 Å². The van der Waals surface area contributed by atoms with E-state index in [-0.39, 0.29) is 6.04 Å². The van der Waals surface area contributed by atoms with Crippen molar-refractivity contribution in [1.29, 1.82) is 0 Å². The van der Waals surface area contributed by atoms with Crippen molar-refractivity contribution in [3.05, 3.63) is 24.0 Å². The van der Waals surface area contributed by atoms with Gasteiger partial charge in [-0.05, 0) is 24.3 Å². The van der Waals surface area contributed by atoms with E-state index in [1.165, 1.54) is 0 Å². The number of ether oxygens (including phenoxy) is 1. The lowest BCUT2D eigenvalue weighted by Crippen LogP contribution is -2.29. The Morgan fingerprint density at radius 2 is 2.18 bits per heavy atom. The van der Waals surface area contributed by atoms with Crippen molar-refractivity contribution in [3.8, 4) is 5.75 Å². The van der Waals surface area contributed by atoms with Crippen LogP contribution < -0.4 is 16.0 Å². The van der Waals surface area contributed by atoms with Gasteiger partial charge >= 0.3 is 0 Å². The summed E-state index contributed by atoms with van der Waals surface area (Å²) in [7, 11) is 1.65. The molecule has 0 fully saturated rings. The van der Waals surface area contributed by atoms with Crippen LogP contribution in [-0.4, -0.2) is 12.1 Å². The van der Waals surface area contributed by atoms with Crippen LogP contribution >= 0.6 is 0 Å². The summed E-state index contributed by atoms with van der Waals surface area (Å²) in [5.74, 6) is 6.41. The highest BCUT2D eigenvalue weighted by Crippen LogP contribution is 2.30. The number of hydrazine groups is 1. The molecule has 4 nitrogen and oxygen atoms in total. The summed E-state index contributed by atoms with van der Waals surface area (Å²) in [6, 6.07) is 2.05. The van der Waals surface area contributed by atoms with E-state index in [0.717, 1.165) is 24.2 Å². The van der Waals surface area contributed by atoms with Gasteiger partial charge in [-0.3, -0.25) is 16.3 Å². The molecule has 1 heterocycles. The van der Waals surface area contributed by atoms with Crippen LogP contribution in [0.1, 0.15) is 45.2 Å². The molecule has 0 amide bonds. The third kappa shape index (κ3) is 4.32. The molecule has 4 heteroatoms. The molecule has 0 spiro atoms. The zero-order valence-electron chi connectivity index (χ0n) is 11.2. The first-order valence-corrected chi connectivity index (χ1v) is 5.92. The summed E-state index contributed by atoms with van der Waals surface area (Å²) in [6.45, 7) is 6.68. The van der Waals surface area contributed by atoms with E-state index < -0.39 is 0 Å². The van der Waals surface area contributed by atoms with Crippen molar-refractivity contribution in [2.45, 2.75) is 39.7 Å². The minimum absolute atomic E-state index is 0.104. The Morgan fingerprint density at radius 1 is 1.47 bits per heavy atom. The number of hydrogen-bond donors (Lipinski definition) is 2. The first-order chi connectivity index (χ1) is 7.98. The van der Waals surface area contributed by atoms with Gasteiger partial charge in [0.15, 0.2) is 0 Å². The molecule has 0 radical (unpaired) electrons. The molecule has 0 aliphatic carbocycles. The summed E-state index contributed by atoms with van der Waals surface area (Å²) in [5, 5.41) is 0. The SMILES string of the molecule is COc1cnccc1C(CCC(C)(C)C)NN. The lowest BCUT2D eigenvalue weighted by molar-refractivity contribution is 0.327. The van der Waals surface area contributed by atoms with Crippen molar-refractivity contribution in [2.75, 3.05) is 7.11 Å². The average Bonchev–Trinajstić information content (AvgIpc) is 2.29. The van der Waals surface area contributed by atoms with Gasteiger partial charge in [0.1, 0.15) is 5.75 Å². The standard InChI is InChI=1S/C13H23N3O/c1-13(2,3)7-5-11(16-14)10-6-8-15-9-12(10)17-4/h6,8-9,11,16H,5,7,14H2,1-4H3. The highest BCUT2D eigenvalue weighted by atomic mass is 16.5. The molecule has 1 unspecified atom stereocenters. The summed E-state index contributed by atoms with van der Waals surface area (Å²) >= 11 is 0. The van der Waals surface area contributed by atoms with Crippen LogP contribution in [-0.2, 0) is 0 Å². The number of nitrogens with one attached hydrogen (secondary N) is 1. The van der Waals surface area contributed by atoms with Gasteiger partial charge < -0.3 is 4.74 Å². The van der Waals surface area contributed by atoms with Crippen LogP contribution in [0.25, 0.3) is 0 Å². The molecule has 0 aliphatic rings. The lowest BCUT2D eigenvalue weighted by Gasteiger charge is -2.23. The van der Waals surface area contributed by atoms with E-state index in [0.29, 0.717) is 5.41 Å². The van der Waals surface area contributed by atoms with Gasteiger partial charge in [-0.1, -0.05) is 20.8 Å². The minimum atomic E-state index is 0.104. The second-order valence-corrected chi connectivity index (χ2v) is 5.44. The lowest BCUT2D eigenvalue weighted by atomic mass is 9.87. The monoisotopic (exact) mass is 237 g/mol. The Morgan fingerprint density at radius 3 is 2.71 bits per heavy atom. The van der Waals surface area contributed by atoms with Crippen LogP contribution in [0.5, 0.6) is 5.75 Å². The van der Waals surface area contributed by atoms with E-state index in [1.54, 1.807) is 19.5 Å². The van der Waals surface area contributed by atoms with Crippen LogP contribution in [0, 0.1) is 5.41 Å². The largest absolute Gasteiger partial charge is 0.495 e. The van der Waals surface area contributed by atoms with Crippen molar-refractivity contribution in [3.63, 3.8) is 0 Å². The fourth-order valence-corrected chi connectivity index (χ4v) is 1.76. The smallest absolute Gasteiger partial charge is 0.141 e. The van der Waals surface area contributed by atoms with Gasteiger partial charge in [-0.2, -0.15) is 0 Å². The first-order valence-electron chi connectivity index (χ1n) is 5.92. The first kappa shape index (κ1) is 13.9. The van der Waals surface area contributed by atoms with E-state index in [9.17, 15) is 0 Å². The van der Waals surface area contributed by atoms with E-state index >= 15 is 0 Å². The van der Waals surface area contributed by atoms with E-state index in [1.807, 2.05) is 6.07 Å². The number of pyridine rings is 1. The molecular formula is C13H23N3O. The Bertz CT molecular complexity index is 347. The molecule has 0 saturated heterocycles. The fourth-order valence-electron chi connectivity index (χ4n) is 1.76. The molecule has 1 aromatic heterocycles. The predicted octanol–water partition coefficient (Wildman–Crippen LogP) is 2.42. The molecule has 0 aliphatic heterocycles. The predicted molar refractivity (Wildman–Crippen MR) is 69.5 cm³/mol. The molecule has 0 aromatic carbocycles. The maximum absolute atomic E-state index is 5.63. The molecule has 1 atom stereocenters. The Labute approximate surface area is 104 Å². The molecule has 3 N–H and O–H groups in total. The normalized spacial score (nSPS) is 13.5. The number of nitrogens with zero attached hydrogens (tertiary/aromatic N) is 1. The quantitative estimate of drug-likeness (QED) is 0.610. The highest BCUT2D eigenvalue weighted by molar-refractivity contribution is 5.32. The van der Waals surface area contributed by atoms with Crippen molar-refractivity contribution in [2.24, 2.45) is 11.3 Å². The van der Waals surface area contributed by atoms with Gasteiger partial charge in [0.05, 0.1) is 13.3 Å². The van der Waals surface area contributed by atoms with Crippen molar-refractivity contribution >= 4 is 0 Å². The molecule has 0 saturated carbocycles. The van der Waals surface area contributed by atoms with Gasteiger partial charge in [0.25, 0.3) is 0 Å². The third-order valence-corrected chi connectivity index (χ3v) is 2.80. The topological polar surface area (TPSA) is 60.2 Å². The van der Waals surface area contributed by atoms with Crippen LogP contribution in [0.15, 0.2) is 18.5 Å². The number of hydrogen-bond acceptors (Lipinski definition) is 4. The molecule has 96 valence electrons. The number of nitrogens with two attached hydrogens (primary N) is 1. The zero-order valence-corrected chi connectivity index (χ0v) is 11.2. The maximum Gasteiger partial charge on any atom is 0.141 e. The van der Waals surface area contributed by atoms with Crippen LogP contribution in [0.4, 0.5) is 0 Å². The van der Waals surface area contributed by atoms with Gasteiger partial charge in [-0.15, -0.1) is 0 Å². The van der Waals surface area contributed by atoms with Gasteiger partial charge in [0, 0.05) is 17.8 Å².